The Hall–Kier alpha value is -1.66. The van der Waals surface area contributed by atoms with Gasteiger partial charge in [-0.2, -0.15) is 5.26 Å². The van der Waals surface area contributed by atoms with Crippen molar-refractivity contribution in [2.45, 2.75) is 6.92 Å². The summed E-state index contributed by atoms with van der Waals surface area (Å²) in [7, 11) is 0. The van der Waals surface area contributed by atoms with E-state index in [0.717, 1.165) is 0 Å². The first kappa shape index (κ1) is 11.4. The van der Waals surface area contributed by atoms with Crippen molar-refractivity contribution in [3.63, 3.8) is 0 Å². The van der Waals surface area contributed by atoms with Crippen LogP contribution >= 0.6 is 11.6 Å². The molecule has 0 bridgehead atoms. The van der Waals surface area contributed by atoms with Gasteiger partial charge in [0.2, 0.25) is 0 Å². The molecule has 0 N–H and O–H groups in total. The number of rotatable bonds is 3. The van der Waals surface area contributed by atoms with E-state index in [1.165, 1.54) is 12.1 Å². The number of carbonyl (C=O) groups excluding carboxylic acids is 2. The summed E-state index contributed by atoms with van der Waals surface area (Å²) in [6.45, 7) is 1.63. The summed E-state index contributed by atoms with van der Waals surface area (Å²) < 4.78 is 0. The Kier molecular flexibility index (Phi) is 3.59. The van der Waals surface area contributed by atoms with Gasteiger partial charge >= 0.3 is 0 Å². The van der Waals surface area contributed by atoms with E-state index >= 15 is 0 Å². The van der Waals surface area contributed by atoms with E-state index in [4.69, 9.17) is 16.9 Å². The van der Waals surface area contributed by atoms with Crippen LogP contribution < -0.4 is 0 Å². The molecule has 0 aromatic heterocycles. The quantitative estimate of drug-likeness (QED) is 0.446. The van der Waals surface area contributed by atoms with Crippen LogP contribution in [0.2, 0.25) is 0 Å². The van der Waals surface area contributed by atoms with E-state index in [-0.39, 0.29) is 22.8 Å². The summed E-state index contributed by atoms with van der Waals surface area (Å²) in [5.41, 5.74) is 1.41. The molecule has 0 atom stereocenters. The molecule has 76 valence electrons. The molecule has 0 heterocycles. The zero-order chi connectivity index (χ0) is 11.4. The maximum atomic E-state index is 11.5. The molecule has 1 aromatic carbocycles. The lowest BCUT2D eigenvalue weighted by molar-refractivity contribution is 0.101. The minimum absolute atomic E-state index is 0.198. The van der Waals surface area contributed by atoms with Crippen LogP contribution in [-0.2, 0) is 0 Å². The molecule has 0 radical (unpaired) electrons. The number of halogens is 1. The van der Waals surface area contributed by atoms with Crippen LogP contribution in [0.5, 0.6) is 0 Å². The van der Waals surface area contributed by atoms with E-state index < -0.39 is 0 Å². The minimum atomic E-state index is -0.339. The number of nitriles is 1. The average molecular weight is 222 g/mol. The Balaban J connectivity index is 3.50. The van der Waals surface area contributed by atoms with E-state index in [1.807, 2.05) is 6.07 Å². The van der Waals surface area contributed by atoms with Crippen LogP contribution in [0.25, 0.3) is 0 Å². The predicted octanol–water partition coefficient (Wildman–Crippen LogP) is 2.10. The van der Waals surface area contributed by atoms with Gasteiger partial charge in [0.25, 0.3) is 0 Å². The van der Waals surface area contributed by atoms with Gasteiger partial charge in [0.05, 0.1) is 17.5 Å². The molecule has 0 saturated heterocycles. The third-order valence-electron chi connectivity index (χ3n) is 2.14. The third kappa shape index (κ3) is 2.05. The normalized spacial score (nSPS) is 9.40. The lowest BCUT2D eigenvalue weighted by Gasteiger charge is -2.07. The topological polar surface area (TPSA) is 57.9 Å². The molecular weight excluding hydrogens is 214 g/mol. The van der Waals surface area contributed by atoms with Crippen molar-refractivity contribution >= 4 is 23.7 Å². The fraction of sp³-hybridized carbons (Fsp3) is 0.182. The summed E-state index contributed by atoms with van der Waals surface area (Å²) in [5, 5.41) is 8.78. The van der Waals surface area contributed by atoms with Gasteiger partial charge in [-0.25, -0.2) is 0 Å². The molecule has 0 spiro atoms. The molecule has 0 saturated carbocycles. The molecule has 4 heteroatoms. The second kappa shape index (κ2) is 4.72. The molecule has 0 fully saturated rings. The number of Topliss-reactive ketones (excluding diaryl/α,β-unsaturated/α-hetero) is 1. The predicted molar refractivity (Wildman–Crippen MR) is 56.3 cm³/mol. The smallest absolute Gasteiger partial charge is 0.178 e. The SMILES string of the molecule is Cc1c(C#N)ccc(C=O)c1C(=O)CCl. The highest BCUT2D eigenvalue weighted by molar-refractivity contribution is 6.31. The first-order chi connectivity index (χ1) is 7.15. The van der Waals surface area contributed by atoms with Gasteiger partial charge in [-0.1, -0.05) is 0 Å². The van der Waals surface area contributed by atoms with Crippen molar-refractivity contribution in [1.82, 2.24) is 0 Å². The highest BCUT2D eigenvalue weighted by Gasteiger charge is 2.15. The first-order valence-corrected chi connectivity index (χ1v) is 4.77. The second-order valence-corrected chi connectivity index (χ2v) is 3.26. The van der Waals surface area contributed by atoms with Crippen LogP contribution in [-0.4, -0.2) is 17.9 Å². The maximum Gasteiger partial charge on any atom is 0.178 e. The van der Waals surface area contributed by atoms with Crippen molar-refractivity contribution in [3.05, 3.63) is 34.4 Å². The van der Waals surface area contributed by atoms with E-state index in [9.17, 15) is 9.59 Å². The van der Waals surface area contributed by atoms with Crippen molar-refractivity contribution in [1.29, 1.82) is 5.26 Å². The summed E-state index contributed by atoms with van der Waals surface area (Å²) in [6.07, 6.45) is 0.591. The molecule has 0 unspecified atom stereocenters. The van der Waals surface area contributed by atoms with Crippen LogP contribution in [0, 0.1) is 18.3 Å². The van der Waals surface area contributed by atoms with Crippen molar-refractivity contribution in [3.8, 4) is 6.07 Å². The van der Waals surface area contributed by atoms with Gasteiger partial charge in [0.1, 0.15) is 0 Å². The summed E-state index contributed by atoms with van der Waals surface area (Å²) >= 11 is 5.43. The van der Waals surface area contributed by atoms with Crippen LogP contribution in [0.15, 0.2) is 12.1 Å². The number of ketones is 1. The summed E-state index contributed by atoms with van der Waals surface area (Å²) in [6, 6.07) is 4.93. The van der Waals surface area contributed by atoms with Gasteiger partial charge in [-0.3, -0.25) is 9.59 Å². The molecule has 0 amide bonds. The zero-order valence-corrected chi connectivity index (χ0v) is 8.84. The first-order valence-electron chi connectivity index (χ1n) is 4.23. The molecule has 0 aliphatic carbocycles. The van der Waals surface area contributed by atoms with Gasteiger partial charge in [-0.05, 0) is 24.6 Å². The Labute approximate surface area is 92.3 Å². The second-order valence-electron chi connectivity index (χ2n) is 2.99. The van der Waals surface area contributed by atoms with Gasteiger partial charge in [0, 0.05) is 11.1 Å². The number of aldehydes is 1. The molecule has 1 aromatic rings. The van der Waals surface area contributed by atoms with Crippen molar-refractivity contribution in [2.24, 2.45) is 0 Å². The highest BCUT2D eigenvalue weighted by atomic mass is 35.5. The van der Waals surface area contributed by atoms with E-state index in [2.05, 4.69) is 0 Å². The largest absolute Gasteiger partial charge is 0.298 e. The van der Waals surface area contributed by atoms with Gasteiger partial charge in [-0.15, -0.1) is 11.6 Å². The van der Waals surface area contributed by atoms with Crippen molar-refractivity contribution in [2.75, 3.05) is 5.88 Å². The molecule has 15 heavy (non-hydrogen) atoms. The minimum Gasteiger partial charge on any atom is -0.298 e. The summed E-state index contributed by atoms with van der Waals surface area (Å²) in [4.78, 5) is 22.2. The Morgan fingerprint density at radius 1 is 1.60 bits per heavy atom. The van der Waals surface area contributed by atoms with Crippen molar-refractivity contribution < 1.29 is 9.59 Å². The standard InChI is InChI=1S/C11H8ClNO2/c1-7-8(5-13)2-3-9(6-14)11(7)10(15)4-12/h2-3,6H,4H2,1H3. The lowest BCUT2D eigenvalue weighted by atomic mass is 9.95. The average Bonchev–Trinajstić information content (AvgIpc) is 2.27. The number of alkyl halides is 1. The fourth-order valence-electron chi connectivity index (χ4n) is 1.39. The van der Waals surface area contributed by atoms with Gasteiger partial charge in [0.15, 0.2) is 12.1 Å². The molecule has 1 rings (SSSR count). The lowest BCUT2D eigenvalue weighted by Crippen LogP contribution is -2.08. The highest BCUT2D eigenvalue weighted by Crippen LogP contribution is 2.18. The number of nitrogens with zero attached hydrogens (tertiary/aromatic N) is 1. The Bertz CT molecular complexity index is 460. The van der Waals surface area contributed by atoms with Gasteiger partial charge < -0.3 is 0 Å². The summed E-state index contributed by atoms with van der Waals surface area (Å²) in [5.74, 6) is -0.537. The zero-order valence-electron chi connectivity index (χ0n) is 8.08. The van der Waals surface area contributed by atoms with E-state index in [1.54, 1.807) is 6.92 Å². The maximum absolute atomic E-state index is 11.5. The number of carbonyl (C=O) groups is 2. The third-order valence-corrected chi connectivity index (χ3v) is 2.39. The van der Waals surface area contributed by atoms with Crippen LogP contribution in [0.1, 0.15) is 31.8 Å². The van der Waals surface area contributed by atoms with Crippen LogP contribution in [0.4, 0.5) is 0 Å². The molecule has 3 nitrogen and oxygen atoms in total. The number of benzene rings is 1. The Morgan fingerprint density at radius 2 is 2.27 bits per heavy atom. The molecular formula is C11H8ClNO2. The molecule has 0 aliphatic rings. The Morgan fingerprint density at radius 3 is 2.73 bits per heavy atom. The number of hydrogen-bond acceptors (Lipinski definition) is 3. The van der Waals surface area contributed by atoms with Crippen LogP contribution in [0.3, 0.4) is 0 Å². The van der Waals surface area contributed by atoms with E-state index in [0.29, 0.717) is 17.4 Å². The fourth-order valence-corrected chi connectivity index (χ4v) is 1.52. The molecule has 0 aliphatic heterocycles. The monoisotopic (exact) mass is 221 g/mol. The number of hydrogen-bond donors (Lipinski definition) is 0.